The lowest BCUT2D eigenvalue weighted by Gasteiger charge is -2.14. The standard InChI is InChI=1S/C18H20O2.C9H10N2O3S2.C6H12O3.C4H10O2/c1-3-17(13-5-9-15(19)10-6-13)18(4-2)14-7-11-16(20)12-8-14;1-2-14-6-3-4-7-8(5-6)15-9(11-7)16(10,12)13;1-3-8-4-5-9-6(2)7;1-2-6-4-3-5/h5-12,19-20H,3-4H2,1-2H3;3-5H,2H2,1H3,(H2,10,12,13);3-5H2,1-2H3;5H,2-4H2,1H3/b18-17+;;;. The van der Waals surface area contributed by atoms with Crippen molar-refractivity contribution in [3.05, 3.63) is 77.9 Å². The number of primary sulfonamides is 1. The van der Waals surface area contributed by atoms with Crippen molar-refractivity contribution in [3.8, 4) is 17.2 Å². The van der Waals surface area contributed by atoms with Gasteiger partial charge in [0.25, 0.3) is 10.0 Å². The highest BCUT2D eigenvalue weighted by atomic mass is 32.2. The van der Waals surface area contributed by atoms with E-state index in [1.165, 1.54) is 18.1 Å². The SMILES string of the molecule is CC/C(=C(/CC)c1ccc(O)cc1)c1ccc(O)cc1.CCOCCO.CCOCCOC(C)=O.CCOc1ccc2nc(S(N)(=O)=O)sc2c1. The molecule has 1 heterocycles. The molecule has 4 aromatic rings. The highest BCUT2D eigenvalue weighted by Crippen LogP contribution is 2.32. The van der Waals surface area contributed by atoms with Gasteiger partial charge in [-0.1, -0.05) is 38.1 Å². The molecule has 0 aliphatic heterocycles. The number of fused-ring (bicyclic) bond motifs is 1. The second-order valence-corrected chi connectivity index (χ2v) is 13.1. The summed E-state index contributed by atoms with van der Waals surface area (Å²) in [7, 11) is -3.72. The van der Waals surface area contributed by atoms with E-state index >= 15 is 0 Å². The Kier molecular flexibility index (Phi) is 22.0. The number of aromatic hydroxyl groups is 2. The third kappa shape index (κ3) is 17.6. The zero-order chi connectivity index (χ0) is 38.2. The molecule has 0 saturated carbocycles. The number of ether oxygens (including phenoxy) is 4. The summed E-state index contributed by atoms with van der Waals surface area (Å²) in [5.74, 6) is 1.01. The number of carbonyl (C=O) groups excluding carboxylic acids is 1. The number of carbonyl (C=O) groups is 1. The number of rotatable bonds is 14. The maximum atomic E-state index is 11.1. The van der Waals surface area contributed by atoms with Gasteiger partial charge >= 0.3 is 5.97 Å². The van der Waals surface area contributed by atoms with Gasteiger partial charge in [-0.2, -0.15) is 0 Å². The molecular formula is C37H52N2O10S2. The summed E-state index contributed by atoms with van der Waals surface area (Å²) >= 11 is 1.04. The number of allylic oxidation sites excluding steroid dienone is 2. The van der Waals surface area contributed by atoms with E-state index in [-0.39, 0.29) is 28.4 Å². The number of nitrogens with zero attached hydrogens (tertiary/aromatic N) is 1. The molecule has 51 heavy (non-hydrogen) atoms. The largest absolute Gasteiger partial charge is 0.508 e. The number of hydrogen-bond donors (Lipinski definition) is 4. The van der Waals surface area contributed by atoms with Crippen LogP contribution < -0.4 is 9.88 Å². The third-order valence-corrected chi connectivity index (χ3v) is 8.91. The van der Waals surface area contributed by atoms with E-state index in [1.54, 1.807) is 42.5 Å². The number of esters is 1. The van der Waals surface area contributed by atoms with Crippen LogP contribution in [0.25, 0.3) is 21.4 Å². The van der Waals surface area contributed by atoms with Gasteiger partial charge in [0.05, 0.1) is 36.6 Å². The van der Waals surface area contributed by atoms with Crippen molar-refractivity contribution in [1.29, 1.82) is 0 Å². The van der Waals surface area contributed by atoms with Crippen LogP contribution in [0.3, 0.4) is 0 Å². The average molecular weight is 749 g/mol. The van der Waals surface area contributed by atoms with Crippen LogP contribution in [0.5, 0.6) is 17.2 Å². The Morgan fingerprint density at radius 3 is 1.67 bits per heavy atom. The van der Waals surface area contributed by atoms with Gasteiger partial charge in [0.2, 0.25) is 4.34 Å². The molecule has 4 rings (SSSR count). The molecule has 0 radical (unpaired) electrons. The first kappa shape index (κ1) is 45.0. The van der Waals surface area contributed by atoms with Gasteiger partial charge in [-0.15, -0.1) is 11.3 Å². The first-order valence-electron chi connectivity index (χ1n) is 16.6. The lowest BCUT2D eigenvalue weighted by Crippen LogP contribution is -2.11. The van der Waals surface area contributed by atoms with Gasteiger partial charge in [0.15, 0.2) is 0 Å². The van der Waals surface area contributed by atoms with E-state index in [9.17, 15) is 23.4 Å². The van der Waals surface area contributed by atoms with Crippen LogP contribution >= 0.6 is 11.3 Å². The Bertz CT molecular complexity index is 1650. The molecule has 0 atom stereocenters. The summed E-state index contributed by atoms with van der Waals surface area (Å²) < 4.78 is 42.4. The molecular weight excluding hydrogens is 697 g/mol. The van der Waals surface area contributed by atoms with Gasteiger partial charge in [0, 0.05) is 20.1 Å². The lowest BCUT2D eigenvalue weighted by molar-refractivity contribution is -0.142. The van der Waals surface area contributed by atoms with Crippen molar-refractivity contribution in [1.82, 2.24) is 4.98 Å². The molecule has 0 saturated heterocycles. The number of nitrogens with two attached hydrogens (primary N) is 1. The summed E-state index contributed by atoms with van der Waals surface area (Å²) in [5.41, 5.74) is 5.43. The van der Waals surface area contributed by atoms with Crippen LogP contribution in [-0.4, -0.2) is 80.9 Å². The number of aromatic nitrogens is 1. The number of aliphatic hydroxyl groups is 1. The average Bonchev–Trinajstić information content (AvgIpc) is 3.55. The molecule has 0 bridgehead atoms. The number of phenols is 2. The fraction of sp³-hybridized carbons (Fsp3) is 0.405. The second-order valence-electron chi connectivity index (χ2n) is 10.3. The first-order chi connectivity index (χ1) is 24.3. The molecule has 14 heteroatoms. The molecule has 0 unspecified atom stereocenters. The van der Waals surface area contributed by atoms with Crippen LogP contribution in [0, 0.1) is 0 Å². The smallest absolute Gasteiger partial charge is 0.302 e. The minimum absolute atomic E-state index is 0.0730. The normalized spacial score (nSPS) is 11.1. The molecule has 282 valence electrons. The Labute approximate surface area is 305 Å². The predicted molar refractivity (Wildman–Crippen MR) is 202 cm³/mol. The number of hydrogen-bond acceptors (Lipinski definition) is 12. The minimum atomic E-state index is -3.72. The molecule has 12 nitrogen and oxygen atoms in total. The summed E-state index contributed by atoms with van der Waals surface area (Å²) in [4.78, 5) is 14.1. The van der Waals surface area contributed by atoms with Crippen molar-refractivity contribution in [2.75, 3.05) is 46.2 Å². The summed E-state index contributed by atoms with van der Waals surface area (Å²) in [6, 6.07) is 19.9. The fourth-order valence-electron chi connectivity index (χ4n) is 4.37. The van der Waals surface area contributed by atoms with E-state index < -0.39 is 10.0 Å². The van der Waals surface area contributed by atoms with E-state index in [2.05, 4.69) is 23.6 Å². The molecule has 0 fully saturated rings. The van der Waals surface area contributed by atoms with E-state index in [0.29, 0.717) is 50.9 Å². The summed E-state index contributed by atoms with van der Waals surface area (Å²) in [6.45, 7) is 14.7. The number of sulfonamides is 1. The van der Waals surface area contributed by atoms with Crippen molar-refractivity contribution >= 4 is 48.7 Å². The number of aliphatic hydroxyl groups excluding tert-OH is 1. The van der Waals surface area contributed by atoms with Gasteiger partial charge in [0.1, 0.15) is 23.9 Å². The van der Waals surface area contributed by atoms with Crippen molar-refractivity contribution in [3.63, 3.8) is 0 Å². The van der Waals surface area contributed by atoms with Gasteiger partial charge in [-0.25, -0.2) is 18.5 Å². The van der Waals surface area contributed by atoms with Crippen LogP contribution in [-0.2, 0) is 29.0 Å². The van der Waals surface area contributed by atoms with Crippen molar-refractivity contribution in [2.24, 2.45) is 5.14 Å². The maximum absolute atomic E-state index is 11.1. The van der Waals surface area contributed by atoms with E-state index in [0.717, 1.165) is 40.0 Å². The van der Waals surface area contributed by atoms with Crippen molar-refractivity contribution in [2.45, 2.75) is 58.7 Å². The molecule has 0 spiro atoms. The maximum Gasteiger partial charge on any atom is 0.302 e. The topological polar surface area (TPSA) is 188 Å². The van der Waals surface area contributed by atoms with Crippen LogP contribution in [0.1, 0.15) is 65.5 Å². The quantitative estimate of drug-likeness (QED) is 0.0605. The number of benzene rings is 3. The predicted octanol–water partition coefficient (Wildman–Crippen LogP) is 6.77. The fourth-order valence-corrected chi connectivity index (χ4v) is 6.05. The molecule has 1 aromatic heterocycles. The first-order valence-corrected chi connectivity index (χ1v) is 19.0. The highest BCUT2D eigenvalue weighted by molar-refractivity contribution is 7.91. The second kappa shape index (κ2) is 25.0. The van der Waals surface area contributed by atoms with Gasteiger partial charge in [-0.3, -0.25) is 4.79 Å². The number of thiazole rings is 1. The van der Waals surface area contributed by atoms with Gasteiger partial charge in [-0.05, 0) is 98.4 Å². The molecule has 3 aromatic carbocycles. The Balaban J connectivity index is 0.000000374. The Morgan fingerprint density at radius 2 is 1.27 bits per heavy atom. The highest BCUT2D eigenvalue weighted by Gasteiger charge is 2.14. The van der Waals surface area contributed by atoms with E-state index in [1.807, 2.05) is 45.0 Å². The summed E-state index contributed by atoms with van der Waals surface area (Å²) in [6.07, 6.45) is 1.85. The van der Waals surface area contributed by atoms with Gasteiger partial charge < -0.3 is 34.3 Å². The Morgan fingerprint density at radius 1 is 0.765 bits per heavy atom. The Hall–Kier alpha value is -4.05. The van der Waals surface area contributed by atoms with Crippen molar-refractivity contribution < 1.29 is 47.5 Å². The monoisotopic (exact) mass is 748 g/mol. The molecule has 0 amide bonds. The van der Waals surface area contributed by atoms with Crippen LogP contribution in [0.2, 0.25) is 0 Å². The van der Waals surface area contributed by atoms with Crippen LogP contribution in [0.4, 0.5) is 0 Å². The molecule has 0 aliphatic rings. The zero-order valence-electron chi connectivity index (χ0n) is 30.3. The summed E-state index contributed by atoms with van der Waals surface area (Å²) in [5, 5.41) is 31.9. The minimum Gasteiger partial charge on any atom is -0.508 e. The van der Waals surface area contributed by atoms with Crippen LogP contribution in [0.15, 0.2) is 71.1 Å². The lowest BCUT2D eigenvalue weighted by atomic mass is 9.91. The molecule has 5 N–H and O–H groups in total. The number of phenolic OH excluding ortho intramolecular Hbond substituents is 2. The van der Waals surface area contributed by atoms with E-state index in [4.69, 9.17) is 24.5 Å². The molecule has 0 aliphatic carbocycles. The zero-order valence-corrected chi connectivity index (χ0v) is 31.9. The third-order valence-electron chi connectivity index (χ3n) is 6.57.